The average Bonchev–Trinajstić information content (AvgIpc) is 2.72. The van der Waals surface area contributed by atoms with Crippen molar-refractivity contribution in [3.63, 3.8) is 0 Å². The molecule has 2 aromatic rings. The molecule has 0 saturated carbocycles. The predicted molar refractivity (Wildman–Crippen MR) is 69.1 cm³/mol. The van der Waals surface area contributed by atoms with Crippen LogP contribution in [0.2, 0.25) is 0 Å². The SMILES string of the molecule is CCOC(=O)c1cc(Br)c2c(c1)ncn2CC. The summed E-state index contributed by atoms with van der Waals surface area (Å²) >= 11 is 3.47. The van der Waals surface area contributed by atoms with Crippen LogP contribution in [0.1, 0.15) is 24.2 Å². The highest BCUT2D eigenvalue weighted by Crippen LogP contribution is 2.25. The lowest BCUT2D eigenvalue weighted by atomic mass is 10.2. The van der Waals surface area contributed by atoms with E-state index in [1.165, 1.54) is 0 Å². The van der Waals surface area contributed by atoms with Crippen molar-refractivity contribution in [3.05, 3.63) is 28.5 Å². The smallest absolute Gasteiger partial charge is 0.338 e. The highest BCUT2D eigenvalue weighted by molar-refractivity contribution is 9.10. The molecule has 1 heterocycles. The molecule has 0 spiro atoms. The third-order valence-corrected chi connectivity index (χ3v) is 3.12. The van der Waals surface area contributed by atoms with Gasteiger partial charge in [0.05, 0.1) is 29.5 Å². The second-order valence-electron chi connectivity index (χ2n) is 3.58. The van der Waals surface area contributed by atoms with E-state index in [9.17, 15) is 4.79 Å². The van der Waals surface area contributed by atoms with Gasteiger partial charge in [0.2, 0.25) is 0 Å². The number of fused-ring (bicyclic) bond motifs is 1. The number of rotatable bonds is 3. The van der Waals surface area contributed by atoms with Gasteiger partial charge in [0.1, 0.15) is 0 Å². The summed E-state index contributed by atoms with van der Waals surface area (Å²) in [6.07, 6.45) is 1.77. The van der Waals surface area contributed by atoms with Crippen molar-refractivity contribution in [2.75, 3.05) is 6.61 Å². The zero-order chi connectivity index (χ0) is 12.4. The van der Waals surface area contributed by atoms with E-state index in [0.717, 1.165) is 22.1 Å². The molecule has 5 heteroatoms. The topological polar surface area (TPSA) is 44.1 Å². The largest absolute Gasteiger partial charge is 0.462 e. The van der Waals surface area contributed by atoms with Gasteiger partial charge in [0, 0.05) is 11.0 Å². The summed E-state index contributed by atoms with van der Waals surface area (Å²) in [5, 5.41) is 0. The van der Waals surface area contributed by atoms with Crippen molar-refractivity contribution < 1.29 is 9.53 Å². The number of ether oxygens (including phenoxy) is 1. The van der Waals surface area contributed by atoms with E-state index in [-0.39, 0.29) is 5.97 Å². The lowest BCUT2D eigenvalue weighted by molar-refractivity contribution is 0.0526. The van der Waals surface area contributed by atoms with Gasteiger partial charge in [-0.2, -0.15) is 0 Å². The molecule has 0 unspecified atom stereocenters. The second-order valence-corrected chi connectivity index (χ2v) is 4.43. The highest BCUT2D eigenvalue weighted by atomic mass is 79.9. The Hall–Kier alpha value is -1.36. The van der Waals surface area contributed by atoms with E-state index in [1.54, 1.807) is 25.4 Å². The van der Waals surface area contributed by atoms with Crippen LogP contribution in [0.25, 0.3) is 11.0 Å². The number of hydrogen-bond donors (Lipinski definition) is 0. The Kier molecular flexibility index (Phi) is 3.47. The standard InChI is InChI=1S/C12H13BrN2O2/c1-3-15-7-14-10-6-8(12(16)17-4-2)5-9(13)11(10)15/h5-7H,3-4H2,1-2H3. The molecule has 0 aliphatic rings. The molecule has 1 aromatic carbocycles. The fourth-order valence-corrected chi connectivity index (χ4v) is 2.41. The van der Waals surface area contributed by atoms with Crippen LogP contribution in [-0.2, 0) is 11.3 Å². The van der Waals surface area contributed by atoms with Crippen LogP contribution in [0, 0.1) is 0 Å². The molecule has 0 atom stereocenters. The number of hydrogen-bond acceptors (Lipinski definition) is 3. The Labute approximate surface area is 108 Å². The van der Waals surface area contributed by atoms with Gasteiger partial charge in [-0.05, 0) is 41.9 Å². The quantitative estimate of drug-likeness (QED) is 0.818. The minimum Gasteiger partial charge on any atom is -0.462 e. The molecule has 4 nitrogen and oxygen atoms in total. The summed E-state index contributed by atoms with van der Waals surface area (Å²) in [6.45, 7) is 5.05. The molecule has 0 bridgehead atoms. The van der Waals surface area contributed by atoms with Crippen molar-refractivity contribution in [1.29, 1.82) is 0 Å². The molecule has 0 fully saturated rings. The van der Waals surface area contributed by atoms with Crippen LogP contribution >= 0.6 is 15.9 Å². The normalized spacial score (nSPS) is 10.8. The number of halogens is 1. The number of carbonyl (C=O) groups is 1. The van der Waals surface area contributed by atoms with E-state index < -0.39 is 0 Å². The van der Waals surface area contributed by atoms with Gasteiger partial charge in [-0.25, -0.2) is 9.78 Å². The molecule has 0 aliphatic heterocycles. The maximum absolute atomic E-state index is 11.6. The number of aromatic nitrogens is 2. The third kappa shape index (κ3) is 2.20. The first kappa shape index (κ1) is 12.1. The predicted octanol–water partition coefficient (Wildman–Crippen LogP) is 3.00. The van der Waals surface area contributed by atoms with Crippen molar-refractivity contribution >= 4 is 32.9 Å². The molecule has 0 amide bonds. The molecule has 1 aromatic heterocycles. The Morgan fingerprint density at radius 2 is 2.24 bits per heavy atom. The Bertz CT molecular complexity index is 563. The Balaban J connectivity index is 2.53. The van der Waals surface area contributed by atoms with Crippen molar-refractivity contribution in [2.24, 2.45) is 0 Å². The molecule has 17 heavy (non-hydrogen) atoms. The number of aryl methyl sites for hydroxylation is 1. The number of benzene rings is 1. The zero-order valence-electron chi connectivity index (χ0n) is 9.74. The van der Waals surface area contributed by atoms with Gasteiger partial charge in [-0.3, -0.25) is 0 Å². The molecule has 90 valence electrons. The first-order valence-corrected chi connectivity index (χ1v) is 6.28. The summed E-state index contributed by atoms with van der Waals surface area (Å²) < 4.78 is 7.85. The molecule has 0 aliphatic carbocycles. The van der Waals surface area contributed by atoms with Crippen molar-refractivity contribution in [2.45, 2.75) is 20.4 Å². The number of esters is 1. The summed E-state index contributed by atoms with van der Waals surface area (Å²) in [5.74, 6) is -0.318. The van der Waals surface area contributed by atoms with Crippen LogP contribution in [0.15, 0.2) is 22.9 Å². The fourth-order valence-electron chi connectivity index (χ4n) is 1.73. The van der Waals surface area contributed by atoms with E-state index in [4.69, 9.17) is 4.74 Å². The van der Waals surface area contributed by atoms with Gasteiger partial charge in [0.15, 0.2) is 0 Å². The summed E-state index contributed by atoms with van der Waals surface area (Å²) in [5.41, 5.74) is 2.32. The van der Waals surface area contributed by atoms with Gasteiger partial charge < -0.3 is 9.30 Å². The number of carbonyl (C=O) groups excluding carboxylic acids is 1. The van der Waals surface area contributed by atoms with E-state index in [2.05, 4.69) is 20.9 Å². The minimum absolute atomic E-state index is 0.318. The monoisotopic (exact) mass is 296 g/mol. The van der Waals surface area contributed by atoms with Crippen LogP contribution in [-0.4, -0.2) is 22.1 Å². The molecular formula is C12H13BrN2O2. The summed E-state index contributed by atoms with van der Waals surface area (Å²) in [6, 6.07) is 3.53. The zero-order valence-corrected chi connectivity index (χ0v) is 11.3. The maximum Gasteiger partial charge on any atom is 0.338 e. The second kappa shape index (κ2) is 4.87. The molecule has 2 rings (SSSR count). The minimum atomic E-state index is -0.318. The molecule has 0 saturated heterocycles. The number of imidazole rings is 1. The van der Waals surface area contributed by atoms with Crippen LogP contribution in [0.3, 0.4) is 0 Å². The third-order valence-electron chi connectivity index (χ3n) is 2.52. The maximum atomic E-state index is 11.6. The summed E-state index contributed by atoms with van der Waals surface area (Å²) in [4.78, 5) is 15.9. The van der Waals surface area contributed by atoms with Crippen LogP contribution < -0.4 is 0 Å². The van der Waals surface area contributed by atoms with Crippen molar-refractivity contribution in [1.82, 2.24) is 9.55 Å². The van der Waals surface area contributed by atoms with Crippen LogP contribution in [0.4, 0.5) is 0 Å². The van der Waals surface area contributed by atoms with Gasteiger partial charge in [-0.15, -0.1) is 0 Å². The lowest BCUT2D eigenvalue weighted by Crippen LogP contribution is -2.04. The molecule has 0 radical (unpaired) electrons. The first-order chi connectivity index (χ1) is 8.17. The number of nitrogens with zero attached hydrogens (tertiary/aromatic N) is 2. The highest BCUT2D eigenvalue weighted by Gasteiger charge is 2.13. The summed E-state index contributed by atoms with van der Waals surface area (Å²) in [7, 11) is 0. The molecule has 0 N–H and O–H groups in total. The molecular weight excluding hydrogens is 284 g/mol. The average molecular weight is 297 g/mol. The van der Waals surface area contributed by atoms with Gasteiger partial charge in [0.25, 0.3) is 0 Å². The van der Waals surface area contributed by atoms with E-state index >= 15 is 0 Å². The first-order valence-electron chi connectivity index (χ1n) is 5.48. The van der Waals surface area contributed by atoms with E-state index in [1.807, 2.05) is 11.5 Å². The lowest BCUT2D eigenvalue weighted by Gasteiger charge is -2.05. The van der Waals surface area contributed by atoms with Gasteiger partial charge in [-0.1, -0.05) is 0 Å². The van der Waals surface area contributed by atoms with Crippen LogP contribution in [0.5, 0.6) is 0 Å². The van der Waals surface area contributed by atoms with E-state index in [0.29, 0.717) is 12.2 Å². The Morgan fingerprint density at radius 3 is 2.88 bits per heavy atom. The van der Waals surface area contributed by atoms with Crippen molar-refractivity contribution in [3.8, 4) is 0 Å². The Morgan fingerprint density at radius 1 is 1.47 bits per heavy atom. The van der Waals surface area contributed by atoms with Gasteiger partial charge >= 0.3 is 5.97 Å². The fraction of sp³-hybridized carbons (Fsp3) is 0.333.